The standard InChI is InChI=1S/C17H27N3O.HI/c1-3-21-13-16-7-5-4-6-15(16)12-19-17(18)20-10-8-14(2)9-11-20;/h4-7,14H,3,8-13H2,1-2H3,(H2,18,19);1H. The van der Waals surface area contributed by atoms with E-state index in [1.54, 1.807) is 0 Å². The summed E-state index contributed by atoms with van der Waals surface area (Å²) in [5, 5.41) is 0. The fraction of sp³-hybridized carbons (Fsp3) is 0.588. The minimum atomic E-state index is 0. The van der Waals surface area contributed by atoms with E-state index in [2.05, 4.69) is 28.9 Å². The highest BCUT2D eigenvalue weighted by Crippen LogP contribution is 2.16. The summed E-state index contributed by atoms with van der Waals surface area (Å²) in [4.78, 5) is 6.78. The van der Waals surface area contributed by atoms with Crippen molar-refractivity contribution >= 4 is 29.9 Å². The van der Waals surface area contributed by atoms with Crippen LogP contribution in [0.1, 0.15) is 37.8 Å². The van der Waals surface area contributed by atoms with Gasteiger partial charge in [-0.25, -0.2) is 4.99 Å². The Labute approximate surface area is 151 Å². The third-order valence-corrected chi connectivity index (χ3v) is 4.10. The van der Waals surface area contributed by atoms with Gasteiger partial charge in [-0.05, 0) is 36.8 Å². The summed E-state index contributed by atoms with van der Waals surface area (Å²) in [5.74, 6) is 1.48. The van der Waals surface area contributed by atoms with Crippen LogP contribution in [-0.4, -0.2) is 30.6 Å². The number of benzene rings is 1. The molecule has 2 rings (SSSR count). The van der Waals surface area contributed by atoms with Crippen molar-refractivity contribution in [3.63, 3.8) is 0 Å². The first-order valence-corrected chi connectivity index (χ1v) is 7.90. The monoisotopic (exact) mass is 417 g/mol. The van der Waals surface area contributed by atoms with Crippen molar-refractivity contribution in [2.75, 3.05) is 19.7 Å². The van der Waals surface area contributed by atoms with Crippen LogP contribution >= 0.6 is 24.0 Å². The maximum absolute atomic E-state index is 6.14. The summed E-state index contributed by atoms with van der Waals surface area (Å²) < 4.78 is 5.51. The first-order valence-electron chi connectivity index (χ1n) is 7.90. The second kappa shape index (κ2) is 10.0. The number of hydrogen-bond acceptors (Lipinski definition) is 2. The average molecular weight is 417 g/mol. The van der Waals surface area contributed by atoms with E-state index in [0.717, 1.165) is 25.6 Å². The molecule has 0 atom stereocenters. The van der Waals surface area contributed by atoms with Gasteiger partial charge in [0, 0.05) is 19.7 Å². The number of ether oxygens (including phenoxy) is 1. The number of piperidine rings is 1. The number of guanidine groups is 1. The lowest BCUT2D eigenvalue weighted by atomic mass is 10.00. The van der Waals surface area contributed by atoms with Gasteiger partial charge in [0.05, 0.1) is 13.2 Å². The normalized spacial score (nSPS) is 16.5. The Hall–Kier alpha value is -0.820. The molecule has 1 heterocycles. The van der Waals surface area contributed by atoms with E-state index in [4.69, 9.17) is 10.5 Å². The number of halogens is 1. The van der Waals surface area contributed by atoms with E-state index >= 15 is 0 Å². The largest absolute Gasteiger partial charge is 0.377 e. The predicted molar refractivity (Wildman–Crippen MR) is 102 cm³/mol. The molecule has 4 nitrogen and oxygen atoms in total. The van der Waals surface area contributed by atoms with Crippen LogP contribution in [0.2, 0.25) is 0 Å². The molecule has 0 bridgehead atoms. The lowest BCUT2D eigenvalue weighted by molar-refractivity contribution is 0.133. The SMILES string of the molecule is CCOCc1ccccc1CN=C(N)N1CCC(C)CC1.I. The molecular weight excluding hydrogens is 389 g/mol. The van der Waals surface area contributed by atoms with Crippen LogP contribution < -0.4 is 5.73 Å². The molecule has 0 amide bonds. The Morgan fingerprint density at radius 1 is 1.27 bits per heavy atom. The molecule has 1 fully saturated rings. The molecule has 22 heavy (non-hydrogen) atoms. The number of aliphatic imine (C=N–C) groups is 1. The maximum atomic E-state index is 6.14. The maximum Gasteiger partial charge on any atom is 0.191 e. The first-order chi connectivity index (χ1) is 10.2. The number of rotatable bonds is 5. The third kappa shape index (κ3) is 5.76. The molecule has 0 radical (unpaired) electrons. The Bertz CT molecular complexity index is 471. The van der Waals surface area contributed by atoms with Crippen LogP contribution in [0.15, 0.2) is 29.3 Å². The summed E-state index contributed by atoms with van der Waals surface area (Å²) in [7, 11) is 0. The molecule has 1 saturated heterocycles. The van der Waals surface area contributed by atoms with Crippen molar-refractivity contribution in [1.29, 1.82) is 0 Å². The van der Waals surface area contributed by atoms with Gasteiger partial charge in [-0.1, -0.05) is 31.2 Å². The summed E-state index contributed by atoms with van der Waals surface area (Å²) in [5.41, 5.74) is 8.53. The average Bonchev–Trinajstić information content (AvgIpc) is 2.52. The Morgan fingerprint density at radius 3 is 2.55 bits per heavy atom. The zero-order valence-corrected chi connectivity index (χ0v) is 16.0. The topological polar surface area (TPSA) is 50.9 Å². The molecule has 1 aromatic rings. The molecule has 0 aromatic heterocycles. The third-order valence-electron chi connectivity index (χ3n) is 4.10. The van der Waals surface area contributed by atoms with Gasteiger partial charge in [0.1, 0.15) is 0 Å². The first kappa shape index (κ1) is 19.2. The van der Waals surface area contributed by atoms with Crippen LogP contribution in [-0.2, 0) is 17.9 Å². The fourth-order valence-electron chi connectivity index (χ4n) is 2.57. The fourth-order valence-corrected chi connectivity index (χ4v) is 2.57. The number of likely N-dealkylation sites (tertiary alicyclic amines) is 1. The van der Waals surface area contributed by atoms with Crippen molar-refractivity contribution in [2.45, 2.75) is 39.8 Å². The molecular formula is C17H28IN3O. The second-order valence-corrected chi connectivity index (χ2v) is 5.75. The molecule has 0 spiro atoms. The molecule has 1 aromatic carbocycles. The zero-order chi connectivity index (χ0) is 15.1. The Morgan fingerprint density at radius 2 is 1.91 bits per heavy atom. The van der Waals surface area contributed by atoms with Crippen molar-refractivity contribution in [1.82, 2.24) is 4.90 Å². The summed E-state index contributed by atoms with van der Waals surface area (Å²) in [6.45, 7) is 8.36. The minimum absolute atomic E-state index is 0. The van der Waals surface area contributed by atoms with E-state index in [0.29, 0.717) is 19.1 Å². The van der Waals surface area contributed by atoms with E-state index in [9.17, 15) is 0 Å². The Kier molecular flexibility index (Phi) is 8.78. The Balaban J connectivity index is 0.00000242. The second-order valence-electron chi connectivity index (χ2n) is 5.75. The van der Waals surface area contributed by atoms with Crippen LogP contribution in [0.25, 0.3) is 0 Å². The molecule has 2 N–H and O–H groups in total. The van der Waals surface area contributed by atoms with Crippen LogP contribution in [0.3, 0.4) is 0 Å². The number of nitrogens with zero attached hydrogens (tertiary/aromatic N) is 2. The van der Waals surface area contributed by atoms with Crippen molar-refractivity contribution < 1.29 is 4.74 Å². The highest BCUT2D eigenvalue weighted by atomic mass is 127. The molecule has 1 aliphatic heterocycles. The number of nitrogens with two attached hydrogens (primary N) is 1. The van der Waals surface area contributed by atoms with Crippen molar-refractivity contribution in [3.8, 4) is 0 Å². The minimum Gasteiger partial charge on any atom is -0.377 e. The van der Waals surface area contributed by atoms with Gasteiger partial charge in [-0.15, -0.1) is 24.0 Å². The lowest BCUT2D eigenvalue weighted by Crippen LogP contribution is -2.42. The van der Waals surface area contributed by atoms with Crippen molar-refractivity contribution in [3.05, 3.63) is 35.4 Å². The number of hydrogen-bond donors (Lipinski definition) is 1. The summed E-state index contributed by atoms with van der Waals surface area (Å²) in [6, 6.07) is 8.28. The smallest absolute Gasteiger partial charge is 0.191 e. The molecule has 0 unspecified atom stereocenters. The quantitative estimate of drug-likeness (QED) is 0.454. The van der Waals surface area contributed by atoms with Gasteiger partial charge in [-0.2, -0.15) is 0 Å². The highest BCUT2D eigenvalue weighted by molar-refractivity contribution is 14.0. The van der Waals surface area contributed by atoms with E-state index in [-0.39, 0.29) is 24.0 Å². The molecule has 0 aliphatic carbocycles. The molecule has 0 saturated carbocycles. The molecule has 1 aliphatic rings. The van der Waals surface area contributed by atoms with Crippen LogP contribution in [0.5, 0.6) is 0 Å². The van der Waals surface area contributed by atoms with E-state index in [1.165, 1.54) is 24.0 Å². The predicted octanol–water partition coefficient (Wildman–Crippen LogP) is 3.39. The van der Waals surface area contributed by atoms with Gasteiger partial charge in [0.25, 0.3) is 0 Å². The summed E-state index contributed by atoms with van der Waals surface area (Å²) >= 11 is 0. The van der Waals surface area contributed by atoms with Crippen LogP contribution in [0, 0.1) is 5.92 Å². The highest BCUT2D eigenvalue weighted by Gasteiger charge is 2.16. The lowest BCUT2D eigenvalue weighted by Gasteiger charge is -2.31. The van der Waals surface area contributed by atoms with E-state index in [1.807, 2.05) is 19.1 Å². The molecule has 124 valence electrons. The van der Waals surface area contributed by atoms with Crippen molar-refractivity contribution in [2.24, 2.45) is 16.6 Å². The van der Waals surface area contributed by atoms with Gasteiger partial charge in [0.15, 0.2) is 5.96 Å². The van der Waals surface area contributed by atoms with Gasteiger partial charge < -0.3 is 15.4 Å². The van der Waals surface area contributed by atoms with Gasteiger partial charge >= 0.3 is 0 Å². The van der Waals surface area contributed by atoms with Gasteiger partial charge in [0.2, 0.25) is 0 Å². The zero-order valence-electron chi connectivity index (χ0n) is 13.6. The van der Waals surface area contributed by atoms with Gasteiger partial charge in [-0.3, -0.25) is 0 Å². The van der Waals surface area contributed by atoms with Crippen LogP contribution in [0.4, 0.5) is 0 Å². The van der Waals surface area contributed by atoms with E-state index < -0.39 is 0 Å². The summed E-state index contributed by atoms with van der Waals surface area (Å²) in [6.07, 6.45) is 2.41. The molecule has 5 heteroatoms.